The monoisotopic (exact) mass is 356 g/mol. The third kappa shape index (κ3) is 3.09. The van der Waals surface area contributed by atoms with E-state index < -0.39 is 0 Å². The molecule has 0 unspecified atom stereocenters. The number of rotatable bonds is 3. The number of carbonyl (C=O) groups excluding carboxylic acids is 1. The second-order valence-corrected chi connectivity index (χ2v) is 8.53. The Kier molecular flexibility index (Phi) is 4.23. The Bertz CT molecular complexity index is 796. The van der Waals surface area contributed by atoms with Crippen LogP contribution in [0.4, 0.5) is 10.8 Å². The van der Waals surface area contributed by atoms with Gasteiger partial charge in [0.25, 0.3) is 0 Å². The highest BCUT2D eigenvalue weighted by Gasteiger charge is 2.37. The highest BCUT2D eigenvalue weighted by molar-refractivity contribution is 7.16. The van der Waals surface area contributed by atoms with Gasteiger partial charge in [0.15, 0.2) is 5.13 Å². The minimum absolute atomic E-state index is 0.00362. The number of nitrogens with zero attached hydrogens (tertiary/aromatic N) is 2. The van der Waals surface area contributed by atoms with Gasteiger partial charge in [0.2, 0.25) is 0 Å². The summed E-state index contributed by atoms with van der Waals surface area (Å²) in [6.45, 7) is 8.85. The van der Waals surface area contributed by atoms with E-state index in [4.69, 9.17) is 9.72 Å². The van der Waals surface area contributed by atoms with Crippen molar-refractivity contribution in [2.24, 2.45) is 0 Å². The molecule has 132 valence electrons. The van der Waals surface area contributed by atoms with E-state index in [-0.39, 0.29) is 16.8 Å². The molecule has 0 spiro atoms. The van der Waals surface area contributed by atoms with E-state index in [1.807, 2.05) is 19.2 Å². The summed E-state index contributed by atoms with van der Waals surface area (Å²) in [7, 11) is 3.39. The smallest absolute Gasteiger partial charge is 0.337 e. The average Bonchev–Trinajstić information content (AvgIpc) is 3.06. The summed E-state index contributed by atoms with van der Waals surface area (Å²) in [4.78, 5) is 19.9. The molecule has 1 aliphatic carbocycles. The lowest BCUT2D eigenvalue weighted by Gasteiger charge is -2.32. The third-order valence-electron chi connectivity index (χ3n) is 4.69. The summed E-state index contributed by atoms with van der Waals surface area (Å²) in [6, 6.07) is 7.39. The van der Waals surface area contributed by atoms with Gasteiger partial charge in [-0.3, -0.25) is 0 Å². The van der Waals surface area contributed by atoms with Crippen LogP contribution in [0, 0.1) is 0 Å². The Labute approximate surface area is 153 Å². The summed E-state index contributed by atoms with van der Waals surface area (Å²) in [5.74, 6) is -0.325. The number of hydrogen-bond donors (Lipinski definition) is 0. The number of thiazole rings is 1. The van der Waals surface area contributed by atoms with Crippen molar-refractivity contribution in [1.29, 1.82) is 0 Å². The second kappa shape index (κ2) is 5.99. The van der Waals surface area contributed by atoms with E-state index in [9.17, 15) is 4.79 Å². The van der Waals surface area contributed by atoms with Crippen LogP contribution < -0.4 is 4.90 Å². The Balaban J connectivity index is 1.96. The van der Waals surface area contributed by atoms with Gasteiger partial charge in [-0.15, -0.1) is 11.3 Å². The SMILES string of the molecule is COC(=O)c1ccc(N(C)c2nc3c(s2)C(C)(C)C=CC3(C)C)cc1. The number of carbonyl (C=O) groups is 1. The Hall–Kier alpha value is -2.14. The Morgan fingerprint density at radius 1 is 1.08 bits per heavy atom. The molecule has 25 heavy (non-hydrogen) atoms. The summed E-state index contributed by atoms with van der Waals surface area (Å²) < 4.78 is 4.75. The van der Waals surface area contributed by atoms with E-state index >= 15 is 0 Å². The standard InChI is InChI=1S/C20H24N2O2S/c1-19(2)11-12-20(3,4)16-15(19)21-18(25-16)22(5)14-9-7-13(8-10-14)17(23)24-6/h7-12H,1-6H3. The lowest BCUT2D eigenvalue weighted by Crippen LogP contribution is -2.27. The molecule has 0 saturated carbocycles. The fourth-order valence-electron chi connectivity index (χ4n) is 2.95. The van der Waals surface area contributed by atoms with Gasteiger partial charge in [-0.1, -0.05) is 39.8 Å². The van der Waals surface area contributed by atoms with Crippen LogP contribution in [0.5, 0.6) is 0 Å². The van der Waals surface area contributed by atoms with Crippen LogP contribution in [0.1, 0.15) is 48.6 Å². The topological polar surface area (TPSA) is 42.4 Å². The zero-order chi connectivity index (χ0) is 18.4. The van der Waals surface area contributed by atoms with Crippen molar-refractivity contribution in [3.8, 4) is 0 Å². The minimum Gasteiger partial charge on any atom is -0.465 e. The number of anilines is 2. The van der Waals surface area contributed by atoms with Crippen LogP contribution in [0.25, 0.3) is 0 Å². The van der Waals surface area contributed by atoms with Gasteiger partial charge < -0.3 is 9.64 Å². The number of ether oxygens (including phenoxy) is 1. The maximum atomic E-state index is 11.6. The zero-order valence-corrected chi connectivity index (χ0v) is 16.4. The first-order valence-corrected chi connectivity index (χ1v) is 9.11. The van der Waals surface area contributed by atoms with Crippen molar-refractivity contribution in [3.05, 3.63) is 52.6 Å². The first-order valence-electron chi connectivity index (χ1n) is 8.30. The minimum atomic E-state index is -0.325. The molecule has 0 bridgehead atoms. The number of methoxy groups -OCH3 is 1. The van der Waals surface area contributed by atoms with Gasteiger partial charge in [-0.05, 0) is 24.3 Å². The average molecular weight is 356 g/mol. The largest absolute Gasteiger partial charge is 0.465 e. The molecule has 3 rings (SSSR count). The molecular weight excluding hydrogens is 332 g/mol. The molecule has 1 aromatic carbocycles. The molecule has 5 heteroatoms. The molecule has 1 heterocycles. The van der Waals surface area contributed by atoms with Crippen molar-refractivity contribution < 1.29 is 9.53 Å². The molecule has 0 amide bonds. The molecule has 4 nitrogen and oxygen atoms in total. The predicted molar refractivity (Wildman–Crippen MR) is 103 cm³/mol. The van der Waals surface area contributed by atoms with Crippen LogP contribution in [-0.4, -0.2) is 25.1 Å². The number of esters is 1. The van der Waals surface area contributed by atoms with Crippen LogP contribution in [0.2, 0.25) is 0 Å². The quantitative estimate of drug-likeness (QED) is 0.584. The Morgan fingerprint density at radius 2 is 1.68 bits per heavy atom. The fourth-order valence-corrected chi connectivity index (χ4v) is 4.24. The Morgan fingerprint density at radius 3 is 2.24 bits per heavy atom. The number of hydrogen-bond acceptors (Lipinski definition) is 5. The molecule has 2 aromatic rings. The number of allylic oxidation sites excluding steroid dienone is 2. The zero-order valence-electron chi connectivity index (χ0n) is 15.6. The van der Waals surface area contributed by atoms with Crippen LogP contribution >= 0.6 is 11.3 Å². The highest BCUT2D eigenvalue weighted by Crippen LogP contribution is 2.46. The second-order valence-electron chi connectivity index (χ2n) is 7.55. The normalized spacial score (nSPS) is 17.0. The molecule has 0 N–H and O–H groups in total. The molecule has 0 saturated heterocycles. The molecule has 0 aliphatic heterocycles. The van der Waals surface area contributed by atoms with Gasteiger partial charge in [-0.2, -0.15) is 0 Å². The number of aromatic nitrogens is 1. The third-order valence-corrected chi connectivity index (χ3v) is 6.16. The molecule has 0 fully saturated rings. The van der Waals surface area contributed by atoms with Crippen molar-refractivity contribution in [1.82, 2.24) is 4.98 Å². The first-order chi connectivity index (χ1) is 11.7. The summed E-state index contributed by atoms with van der Waals surface area (Å²) in [6.07, 6.45) is 4.53. The van der Waals surface area contributed by atoms with Gasteiger partial charge in [0, 0.05) is 28.4 Å². The van der Waals surface area contributed by atoms with Crippen LogP contribution in [-0.2, 0) is 15.6 Å². The van der Waals surface area contributed by atoms with Crippen molar-refractivity contribution >= 4 is 28.1 Å². The van der Waals surface area contributed by atoms with Crippen LogP contribution in [0.3, 0.4) is 0 Å². The first kappa shape index (κ1) is 17.7. The molecule has 1 aromatic heterocycles. The fraction of sp³-hybridized carbons (Fsp3) is 0.400. The lowest BCUT2D eigenvalue weighted by atomic mass is 9.75. The lowest BCUT2D eigenvalue weighted by molar-refractivity contribution is 0.0601. The molecule has 0 atom stereocenters. The number of benzene rings is 1. The predicted octanol–water partition coefficient (Wildman–Crippen LogP) is 4.82. The van der Waals surface area contributed by atoms with Crippen LogP contribution in [0.15, 0.2) is 36.4 Å². The maximum absolute atomic E-state index is 11.6. The van der Waals surface area contributed by atoms with E-state index in [1.54, 1.807) is 23.5 Å². The van der Waals surface area contributed by atoms with Gasteiger partial charge in [0.05, 0.1) is 18.4 Å². The van der Waals surface area contributed by atoms with E-state index in [2.05, 4.69) is 44.7 Å². The van der Waals surface area contributed by atoms with E-state index in [0.717, 1.165) is 16.5 Å². The van der Waals surface area contributed by atoms with E-state index in [0.29, 0.717) is 5.56 Å². The molecule has 0 radical (unpaired) electrons. The summed E-state index contributed by atoms with van der Waals surface area (Å²) >= 11 is 1.73. The van der Waals surface area contributed by atoms with Gasteiger partial charge in [-0.25, -0.2) is 9.78 Å². The van der Waals surface area contributed by atoms with E-state index in [1.165, 1.54) is 12.0 Å². The molecular formula is C20H24N2O2S. The highest BCUT2D eigenvalue weighted by atomic mass is 32.1. The van der Waals surface area contributed by atoms with Crippen molar-refractivity contribution in [2.75, 3.05) is 19.1 Å². The molecule has 1 aliphatic rings. The van der Waals surface area contributed by atoms with Crippen molar-refractivity contribution in [3.63, 3.8) is 0 Å². The van der Waals surface area contributed by atoms with Gasteiger partial charge in [0.1, 0.15) is 0 Å². The number of fused-ring (bicyclic) bond motifs is 1. The maximum Gasteiger partial charge on any atom is 0.337 e. The van der Waals surface area contributed by atoms with Gasteiger partial charge >= 0.3 is 5.97 Å². The summed E-state index contributed by atoms with van der Waals surface area (Å²) in [5.41, 5.74) is 2.62. The summed E-state index contributed by atoms with van der Waals surface area (Å²) in [5, 5.41) is 0.959. The van der Waals surface area contributed by atoms with Crippen molar-refractivity contribution in [2.45, 2.75) is 38.5 Å².